The summed E-state index contributed by atoms with van der Waals surface area (Å²) in [5.41, 5.74) is 0.233. The number of anilines is 2. The third-order valence-corrected chi connectivity index (χ3v) is 3.60. The van der Waals surface area contributed by atoms with Crippen LogP contribution in [0.1, 0.15) is 0 Å². The van der Waals surface area contributed by atoms with Gasteiger partial charge < -0.3 is 19.5 Å². The van der Waals surface area contributed by atoms with Gasteiger partial charge in [-0.3, -0.25) is 10.1 Å². The van der Waals surface area contributed by atoms with Crippen molar-refractivity contribution in [3.05, 3.63) is 65.0 Å². The fourth-order valence-corrected chi connectivity index (χ4v) is 2.26. The van der Waals surface area contributed by atoms with Gasteiger partial charge in [0.15, 0.2) is 0 Å². The Labute approximate surface area is 154 Å². The molecule has 0 atom stereocenters. The van der Waals surface area contributed by atoms with E-state index in [1.807, 2.05) is 0 Å². The van der Waals surface area contributed by atoms with E-state index in [0.717, 1.165) is 0 Å². The van der Waals surface area contributed by atoms with E-state index in [1.54, 1.807) is 62.8 Å². The summed E-state index contributed by atoms with van der Waals surface area (Å²) >= 11 is 0. The Bertz CT molecular complexity index is 862. The zero-order chi connectivity index (χ0) is 19.2. The van der Waals surface area contributed by atoms with E-state index in [-0.39, 0.29) is 17.4 Å². The predicted molar refractivity (Wildman–Crippen MR) is 98.0 cm³/mol. The number of ether oxygens (including phenoxy) is 3. The van der Waals surface area contributed by atoms with Gasteiger partial charge in [0, 0.05) is 5.69 Å². The summed E-state index contributed by atoms with van der Waals surface area (Å²) in [7, 11) is 3.10. The normalized spacial score (nSPS) is 10.1. The van der Waals surface area contributed by atoms with Crippen LogP contribution in [0, 0.1) is 10.1 Å². The molecule has 1 N–H and O–H groups in total. The SMILES string of the molecule is COc1ccc(Nc2ncnc(Oc3ccc(OC)cc3)c2[N+](=O)[O-])cc1. The van der Waals surface area contributed by atoms with E-state index in [0.29, 0.717) is 22.9 Å². The highest BCUT2D eigenvalue weighted by Gasteiger charge is 2.25. The number of aromatic nitrogens is 2. The number of methoxy groups -OCH3 is 2. The van der Waals surface area contributed by atoms with Gasteiger partial charge in [-0.2, -0.15) is 4.98 Å². The maximum atomic E-state index is 11.6. The average Bonchev–Trinajstić information content (AvgIpc) is 2.69. The second-order valence-electron chi connectivity index (χ2n) is 5.26. The van der Waals surface area contributed by atoms with Crippen LogP contribution < -0.4 is 19.5 Å². The van der Waals surface area contributed by atoms with E-state index in [1.165, 1.54) is 6.33 Å². The minimum atomic E-state index is -0.593. The van der Waals surface area contributed by atoms with Crippen LogP contribution in [0.2, 0.25) is 0 Å². The van der Waals surface area contributed by atoms with Crippen molar-refractivity contribution >= 4 is 17.2 Å². The molecule has 9 heteroatoms. The first kappa shape index (κ1) is 17.9. The summed E-state index contributed by atoms with van der Waals surface area (Å²) in [5.74, 6) is 1.54. The lowest BCUT2D eigenvalue weighted by Crippen LogP contribution is -2.03. The molecule has 3 aromatic rings. The van der Waals surface area contributed by atoms with Gasteiger partial charge in [-0.05, 0) is 48.5 Å². The highest BCUT2D eigenvalue weighted by atomic mass is 16.6. The smallest absolute Gasteiger partial charge is 0.373 e. The highest BCUT2D eigenvalue weighted by molar-refractivity contribution is 5.69. The first-order valence-electron chi connectivity index (χ1n) is 7.83. The van der Waals surface area contributed by atoms with Crippen molar-refractivity contribution in [2.24, 2.45) is 0 Å². The summed E-state index contributed by atoms with van der Waals surface area (Å²) < 4.78 is 15.7. The molecule has 9 nitrogen and oxygen atoms in total. The lowest BCUT2D eigenvalue weighted by atomic mass is 10.3. The minimum Gasteiger partial charge on any atom is -0.497 e. The molecule has 0 aliphatic heterocycles. The van der Waals surface area contributed by atoms with Gasteiger partial charge in [-0.25, -0.2) is 4.98 Å². The Morgan fingerprint density at radius 1 is 0.889 bits per heavy atom. The van der Waals surface area contributed by atoms with Gasteiger partial charge in [0.05, 0.1) is 19.1 Å². The van der Waals surface area contributed by atoms with Crippen molar-refractivity contribution in [2.75, 3.05) is 19.5 Å². The summed E-state index contributed by atoms with van der Waals surface area (Å²) in [6, 6.07) is 13.5. The van der Waals surface area contributed by atoms with Crippen LogP contribution in [0.15, 0.2) is 54.9 Å². The number of nitro groups is 1. The molecule has 0 unspecified atom stereocenters. The fourth-order valence-electron chi connectivity index (χ4n) is 2.26. The number of rotatable bonds is 7. The molecular formula is C18H16N4O5. The lowest BCUT2D eigenvalue weighted by molar-refractivity contribution is -0.385. The lowest BCUT2D eigenvalue weighted by Gasteiger charge is -2.10. The highest BCUT2D eigenvalue weighted by Crippen LogP contribution is 2.35. The fraction of sp³-hybridized carbons (Fsp3) is 0.111. The summed E-state index contributed by atoms with van der Waals surface area (Å²) in [6.07, 6.45) is 1.19. The number of hydrogen-bond acceptors (Lipinski definition) is 8. The van der Waals surface area contributed by atoms with Gasteiger partial charge in [0.25, 0.3) is 0 Å². The second-order valence-corrected chi connectivity index (χ2v) is 5.26. The third kappa shape index (κ3) is 4.21. The van der Waals surface area contributed by atoms with E-state index in [4.69, 9.17) is 14.2 Å². The van der Waals surface area contributed by atoms with Gasteiger partial charge in [0.2, 0.25) is 5.82 Å². The Balaban J connectivity index is 1.90. The average molecular weight is 368 g/mol. The molecular weight excluding hydrogens is 352 g/mol. The standard InChI is InChI=1S/C18H16N4O5/c1-25-13-5-3-12(4-6-13)21-17-16(22(23)24)18(20-11-19-17)27-15-9-7-14(26-2)8-10-15/h3-11H,1-2H3,(H,19,20,21). The maximum Gasteiger partial charge on any atom is 0.373 e. The number of nitrogens with one attached hydrogen (secondary N) is 1. The Morgan fingerprint density at radius 3 is 2.00 bits per heavy atom. The molecule has 27 heavy (non-hydrogen) atoms. The van der Waals surface area contributed by atoms with Crippen molar-refractivity contribution < 1.29 is 19.1 Å². The zero-order valence-electron chi connectivity index (χ0n) is 14.6. The predicted octanol–water partition coefficient (Wildman–Crippen LogP) is 3.94. The molecule has 0 radical (unpaired) electrons. The molecule has 0 spiro atoms. The molecule has 1 heterocycles. The van der Waals surface area contributed by atoms with Crippen LogP contribution in [0.3, 0.4) is 0 Å². The molecule has 138 valence electrons. The zero-order valence-corrected chi connectivity index (χ0v) is 14.6. The molecule has 0 aliphatic rings. The van der Waals surface area contributed by atoms with Crippen LogP contribution in [0.5, 0.6) is 23.1 Å². The van der Waals surface area contributed by atoms with Gasteiger partial charge in [0.1, 0.15) is 23.6 Å². The molecule has 0 aliphatic carbocycles. The molecule has 0 saturated carbocycles. The van der Waals surface area contributed by atoms with Crippen LogP contribution in [0.25, 0.3) is 0 Å². The molecule has 2 aromatic carbocycles. The Hall–Kier alpha value is -3.88. The molecule has 0 bridgehead atoms. The quantitative estimate of drug-likeness (QED) is 0.493. The van der Waals surface area contributed by atoms with Crippen LogP contribution >= 0.6 is 0 Å². The van der Waals surface area contributed by atoms with E-state index in [2.05, 4.69) is 15.3 Å². The van der Waals surface area contributed by atoms with Crippen molar-refractivity contribution in [1.29, 1.82) is 0 Å². The van der Waals surface area contributed by atoms with Crippen LogP contribution in [0.4, 0.5) is 17.2 Å². The number of hydrogen-bond donors (Lipinski definition) is 1. The maximum absolute atomic E-state index is 11.6. The molecule has 1 aromatic heterocycles. The van der Waals surface area contributed by atoms with Crippen molar-refractivity contribution in [3.63, 3.8) is 0 Å². The first-order valence-corrected chi connectivity index (χ1v) is 7.83. The third-order valence-electron chi connectivity index (χ3n) is 3.60. The van der Waals surface area contributed by atoms with E-state index >= 15 is 0 Å². The monoisotopic (exact) mass is 368 g/mol. The Morgan fingerprint density at radius 2 is 1.44 bits per heavy atom. The van der Waals surface area contributed by atoms with Gasteiger partial charge >= 0.3 is 11.6 Å². The number of nitrogens with zero attached hydrogens (tertiary/aromatic N) is 3. The number of benzene rings is 2. The van der Waals surface area contributed by atoms with Crippen molar-refractivity contribution in [2.45, 2.75) is 0 Å². The minimum absolute atomic E-state index is 0.0173. The summed E-state index contributed by atoms with van der Waals surface area (Å²) in [4.78, 5) is 18.9. The van der Waals surface area contributed by atoms with Crippen molar-refractivity contribution in [1.82, 2.24) is 9.97 Å². The summed E-state index contributed by atoms with van der Waals surface area (Å²) in [5, 5.41) is 14.5. The molecule has 0 amide bonds. The van der Waals surface area contributed by atoms with Gasteiger partial charge in [-0.15, -0.1) is 0 Å². The molecule has 0 fully saturated rings. The van der Waals surface area contributed by atoms with Crippen LogP contribution in [-0.4, -0.2) is 29.1 Å². The Kier molecular flexibility index (Phi) is 5.31. The summed E-state index contributed by atoms with van der Waals surface area (Å²) in [6.45, 7) is 0. The topological polar surface area (TPSA) is 109 Å². The van der Waals surface area contributed by atoms with Crippen molar-refractivity contribution in [3.8, 4) is 23.1 Å². The van der Waals surface area contributed by atoms with Crippen LogP contribution in [-0.2, 0) is 0 Å². The molecule has 0 saturated heterocycles. The second kappa shape index (κ2) is 8.00. The molecule has 3 rings (SSSR count). The first-order chi connectivity index (χ1) is 13.1. The van der Waals surface area contributed by atoms with E-state index in [9.17, 15) is 10.1 Å². The van der Waals surface area contributed by atoms with Gasteiger partial charge in [-0.1, -0.05) is 0 Å². The largest absolute Gasteiger partial charge is 0.497 e. The van der Waals surface area contributed by atoms with E-state index < -0.39 is 4.92 Å².